The Kier molecular flexibility index (Phi) is 8.88. The fourth-order valence-electron chi connectivity index (χ4n) is 7.86. The number of allylic oxidation sites excluding steroid dienone is 2. The lowest BCUT2D eigenvalue weighted by Crippen LogP contribution is -2.26. The van der Waals surface area contributed by atoms with Crippen molar-refractivity contribution in [3.63, 3.8) is 0 Å². The predicted octanol–water partition coefficient (Wildman–Crippen LogP) is 12.8. The van der Waals surface area contributed by atoms with Crippen molar-refractivity contribution in [3.05, 3.63) is 214 Å². The van der Waals surface area contributed by atoms with E-state index in [2.05, 4.69) is 195 Å². The first kappa shape index (κ1) is 31.6. The monoisotopic (exact) mass is 645 g/mol. The Morgan fingerprint density at radius 1 is 0.560 bits per heavy atom. The Bertz CT molecular complexity index is 2080. The Balaban J connectivity index is 1.08. The molecule has 1 heteroatoms. The van der Waals surface area contributed by atoms with Crippen molar-refractivity contribution in [2.45, 2.75) is 45.1 Å². The van der Waals surface area contributed by atoms with Crippen LogP contribution < -0.4 is 4.90 Å². The largest absolute Gasteiger partial charge is 0.338 e. The molecule has 50 heavy (non-hydrogen) atoms. The van der Waals surface area contributed by atoms with Crippen LogP contribution in [-0.4, -0.2) is 6.04 Å². The smallest absolute Gasteiger partial charge is 0.0450 e. The van der Waals surface area contributed by atoms with Gasteiger partial charge in [0.2, 0.25) is 0 Å². The van der Waals surface area contributed by atoms with Gasteiger partial charge in [-0.05, 0) is 107 Å². The average molecular weight is 646 g/mol. The maximum absolute atomic E-state index is 2.62. The van der Waals surface area contributed by atoms with Crippen LogP contribution in [0, 0.1) is 13.8 Å². The minimum absolute atomic E-state index is 0.518. The molecule has 0 saturated heterocycles. The number of rotatable bonds is 8. The highest BCUT2D eigenvalue weighted by Gasteiger charge is 2.42. The van der Waals surface area contributed by atoms with Crippen LogP contribution in [-0.2, 0) is 0 Å². The first-order valence-electron chi connectivity index (χ1n) is 18.0. The standard InChI is InChI=1S/C49H43N/c1-35-19-26-41(27-20-35)46(42-28-21-36(2)22-29-42)33-38-23-30-43(31-24-38)50-48-18-10-17-45(48)47-34-37(25-32-49(47)50)11-9-16-44(39-12-5-3-6-13-39)40-14-7-4-8-15-40/h3-9,11-16,19-34,45,48H,10,17-18H2,1-2H3/b11-9+. The summed E-state index contributed by atoms with van der Waals surface area (Å²) in [6.07, 6.45) is 12.8. The second-order valence-corrected chi connectivity index (χ2v) is 13.8. The normalized spacial score (nSPS) is 16.2. The fourth-order valence-corrected chi connectivity index (χ4v) is 7.86. The summed E-state index contributed by atoms with van der Waals surface area (Å²) >= 11 is 0. The maximum atomic E-state index is 2.62. The molecule has 244 valence electrons. The van der Waals surface area contributed by atoms with Crippen molar-refractivity contribution in [2.24, 2.45) is 0 Å². The van der Waals surface area contributed by atoms with Crippen LogP contribution in [0.1, 0.15) is 75.3 Å². The van der Waals surface area contributed by atoms with Gasteiger partial charge < -0.3 is 4.90 Å². The molecule has 2 unspecified atom stereocenters. The third-order valence-electron chi connectivity index (χ3n) is 10.5. The van der Waals surface area contributed by atoms with Gasteiger partial charge in [-0.2, -0.15) is 0 Å². The Morgan fingerprint density at radius 2 is 1.12 bits per heavy atom. The number of benzene rings is 6. The number of aryl methyl sites for hydroxylation is 2. The van der Waals surface area contributed by atoms with E-state index in [1.807, 2.05) is 0 Å². The molecule has 1 saturated carbocycles. The van der Waals surface area contributed by atoms with Gasteiger partial charge in [0, 0.05) is 23.3 Å². The molecule has 0 spiro atoms. The molecule has 1 aliphatic carbocycles. The summed E-state index contributed by atoms with van der Waals surface area (Å²) in [5.74, 6) is 0.576. The van der Waals surface area contributed by atoms with Gasteiger partial charge in [0.25, 0.3) is 0 Å². The minimum Gasteiger partial charge on any atom is -0.338 e. The molecule has 0 radical (unpaired) electrons. The number of hydrogen-bond donors (Lipinski definition) is 0. The summed E-state index contributed by atoms with van der Waals surface area (Å²) in [4.78, 5) is 2.62. The van der Waals surface area contributed by atoms with Gasteiger partial charge in [0.05, 0.1) is 0 Å². The zero-order valence-electron chi connectivity index (χ0n) is 29.0. The van der Waals surface area contributed by atoms with Gasteiger partial charge in [-0.25, -0.2) is 0 Å². The lowest BCUT2D eigenvalue weighted by molar-refractivity contribution is 0.642. The van der Waals surface area contributed by atoms with Crippen LogP contribution in [0.15, 0.2) is 164 Å². The first-order chi connectivity index (χ1) is 24.6. The molecule has 1 nitrogen and oxygen atoms in total. The predicted molar refractivity (Wildman–Crippen MR) is 214 cm³/mol. The molecular weight excluding hydrogens is 603 g/mol. The van der Waals surface area contributed by atoms with E-state index >= 15 is 0 Å². The van der Waals surface area contributed by atoms with Crippen LogP contribution in [0.3, 0.4) is 0 Å². The van der Waals surface area contributed by atoms with Crippen molar-refractivity contribution in [2.75, 3.05) is 4.90 Å². The highest BCUT2D eigenvalue weighted by Crippen LogP contribution is 2.52. The summed E-state index contributed by atoms with van der Waals surface area (Å²) in [5, 5.41) is 0. The number of anilines is 2. The quantitative estimate of drug-likeness (QED) is 0.118. The highest BCUT2D eigenvalue weighted by molar-refractivity contribution is 5.92. The third kappa shape index (κ3) is 6.52. The van der Waals surface area contributed by atoms with E-state index in [9.17, 15) is 0 Å². The second-order valence-electron chi connectivity index (χ2n) is 13.8. The molecule has 0 amide bonds. The van der Waals surface area contributed by atoms with E-state index in [1.54, 1.807) is 0 Å². The van der Waals surface area contributed by atoms with Crippen LogP contribution in [0.2, 0.25) is 0 Å². The third-order valence-corrected chi connectivity index (χ3v) is 10.5. The van der Waals surface area contributed by atoms with Gasteiger partial charge in [-0.3, -0.25) is 0 Å². The number of hydrogen-bond acceptors (Lipinski definition) is 1. The Hall–Kier alpha value is -5.66. The molecule has 8 rings (SSSR count). The lowest BCUT2D eigenvalue weighted by Gasteiger charge is -2.27. The van der Waals surface area contributed by atoms with Gasteiger partial charge in [0.1, 0.15) is 0 Å². The summed E-state index contributed by atoms with van der Waals surface area (Å²) in [6, 6.07) is 55.9. The van der Waals surface area contributed by atoms with Crippen molar-refractivity contribution in [3.8, 4) is 0 Å². The van der Waals surface area contributed by atoms with Gasteiger partial charge in [-0.1, -0.05) is 163 Å². The van der Waals surface area contributed by atoms with Gasteiger partial charge >= 0.3 is 0 Å². The molecule has 0 bridgehead atoms. The molecular formula is C49H43N. The average Bonchev–Trinajstić information content (AvgIpc) is 3.76. The molecule has 6 aromatic carbocycles. The maximum Gasteiger partial charge on any atom is 0.0450 e. The van der Waals surface area contributed by atoms with E-state index in [0.29, 0.717) is 12.0 Å². The van der Waals surface area contributed by atoms with Gasteiger partial charge in [-0.15, -0.1) is 0 Å². The van der Waals surface area contributed by atoms with Crippen LogP contribution >= 0.6 is 0 Å². The molecule has 1 fully saturated rings. The van der Waals surface area contributed by atoms with Crippen molar-refractivity contribution < 1.29 is 0 Å². The van der Waals surface area contributed by atoms with Crippen LogP contribution in [0.4, 0.5) is 11.4 Å². The van der Waals surface area contributed by atoms with Crippen LogP contribution in [0.25, 0.3) is 23.3 Å². The first-order valence-corrected chi connectivity index (χ1v) is 18.0. The number of nitrogens with zero attached hydrogens (tertiary/aromatic N) is 1. The van der Waals surface area contributed by atoms with E-state index < -0.39 is 0 Å². The van der Waals surface area contributed by atoms with Crippen molar-refractivity contribution in [1.29, 1.82) is 0 Å². The Morgan fingerprint density at radius 3 is 1.72 bits per heavy atom. The zero-order valence-corrected chi connectivity index (χ0v) is 29.0. The molecule has 1 heterocycles. The molecule has 6 aromatic rings. The summed E-state index contributed by atoms with van der Waals surface area (Å²) in [7, 11) is 0. The molecule has 0 aromatic heterocycles. The Labute approximate surface area is 297 Å². The molecule has 1 aliphatic heterocycles. The topological polar surface area (TPSA) is 3.24 Å². The van der Waals surface area contributed by atoms with Crippen LogP contribution in [0.5, 0.6) is 0 Å². The molecule has 2 aliphatic rings. The van der Waals surface area contributed by atoms with E-state index in [-0.39, 0.29) is 0 Å². The van der Waals surface area contributed by atoms with E-state index in [0.717, 1.165) is 0 Å². The molecule has 2 atom stereocenters. The minimum atomic E-state index is 0.518. The van der Waals surface area contributed by atoms with E-state index in [4.69, 9.17) is 0 Å². The summed E-state index contributed by atoms with van der Waals surface area (Å²) < 4.78 is 0. The van der Waals surface area contributed by atoms with Crippen molar-refractivity contribution in [1.82, 2.24) is 0 Å². The lowest BCUT2D eigenvalue weighted by atomic mass is 9.94. The summed E-state index contributed by atoms with van der Waals surface area (Å²) in [5.41, 5.74) is 16.6. The number of fused-ring (bicyclic) bond motifs is 3. The molecule has 0 N–H and O–H groups in total. The SMILES string of the molecule is Cc1ccc(C(=Cc2ccc(N3c4ccc(/C=C/C=C(c5ccccc5)c5ccccc5)cc4C4CCCC43)cc2)c2ccc(C)cc2)cc1. The van der Waals surface area contributed by atoms with Crippen molar-refractivity contribution >= 4 is 34.7 Å². The zero-order chi connectivity index (χ0) is 33.9. The van der Waals surface area contributed by atoms with E-state index in [1.165, 1.54) is 91.9 Å². The summed E-state index contributed by atoms with van der Waals surface area (Å²) in [6.45, 7) is 4.29. The fraction of sp³-hybridized carbons (Fsp3) is 0.143. The van der Waals surface area contributed by atoms with Gasteiger partial charge in [0.15, 0.2) is 0 Å². The highest BCUT2D eigenvalue weighted by atomic mass is 15.2. The second kappa shape index (κ2) is 14.1.